The summed E-state index contributed by atoms with van der Waals surface area (Å²) in [6.07, 6.45) is 1.49. The summed E-state index contributed by atoms with van der Waals surface area (Å²) in [6, 6.07) is 8.02. The van der Waals surface area contributed by atoms with Gasteiger partial charge in [0.25, 0.3) is 5.91 Å². The maximum Gasteiger partial charge on any atom is 0.266 e. The summed E-state index contributed by atoms with van der Waals surface area (Å²) in [5, 5.41) is 11.0. The first kappa shape index (κ1) is 17.4. The molecule has 0 spiro atoms. The summed E-state index contributed by atoms with van der Waals surface area (Å²) < 4.78 is 18.8. The second-order valence-corrected chi connectivity index (χ2v) is 6.93. The highest BCUT2D eigenvalue weighted by Crippen LogP contribution is 2.34. The van der Waals surface area contributed by atoms with Gasteiger partial charge in [0, 0.05) is 11.6 Å². The van der Waals surface area contributed by atoms with Crippen molar-refractivity contribution in [3.05, 3.63) is 52.9 Å². The van der Waals surface area contributed by atoms with E-state index in [4.69, 9.17) is 16.6 Å². The third-order valence-corrected chi connectivity index (χ3v) is 4.91. The Kier molecular flexibility index (Phi) is 4.73. The zero-order valence-electron chi connectivity index (χ0n) is 12.9. The zero-order chi connectivity index (χ0) is 18.1. The monoisotopic (exact) mass is 376 g/mol. The van der Waals surface area contributed by atoms with Gasteiger partial charge in [-0.05, 0) is 43.3 Å². The quantitative estimate of drug-likeness (QED) is 0.603. The van der Waals surface area contributed by atoms with Crippen LogP contribution in [0.15, 0.2) is 45.7 Å². The van der Waals surface area contributed by atoms with E-state index in [-0.39, 0.29) is 15.0 Å². The van der Waals surface area contributed by atoms with Crippen LogP contribution in [0.3, 0.4) is 0 Å². The third-order valence-electron chi connectivity index (χ3n) is 3.58. The van der Waals surface area contributed by atoms with Crippen molar-refractivity contribution in [3.63, 3.8) is 0 Å². The highest BCUT2D eigenvalue weighted by atomic mass is 32.2. The van der Waals surface area contributed by atoms with Gasteiger partial charge in [-0.25, -0.2) is 4.39 Å². The Labute approximate surface area is 152 Å². The van der Waals surface area contributed by atoms with Crippen molar-refractivity contribution in [2.45, 2.75) is 13.0 Å². The molecular formula is C17H11FNO4S2-. The van der Waals surface area contributed by atoms with E-state index in [2.05, 4.69) is 0 Å². The number of carboxylic acid groups (broad SMARTS) is 1. The molecule has 1 aliphatic heterocycles. The second kappa shape index (κ2) is 6.81. The molecule has 1 aromatic heterocycles. The molecule has 5 nitrogen and oxygen atoms in total. The van der Waals surface area contributed by atoms with E-state index in [0.717, 1.165) is 16.7 Å². The minimum atomic E-state index is -1.38. The van der Waals surface area contributed by atoms with E-state index in [0.29, 0.717) is 17.1 Å². The Morgan fingerprint density at radius 2 is 2.00 bits per heavy atom. The molecule has 2 aromatic rings. The number of thiocarbonyl (C=S) groups is 1. The van der Waals surface area contributed by atoms with Crippen LogP contribution in [0.5, 0.6) is 0 Å². The molecule has 128 valence electrons. The average molecular weight is 376 g/mol. The molecule has 1 aromatic carbocycles. The maximum absolute atomic E-state index is 13.0. The van der Waals surface area contributed by atoms with Crippen molar-refractivity contribution in [2.75, 3.05) is 0 Å². The van der Waals surface area contributed by atoms with Gasteiger partial charge in [-0.1, -0.05) is 24.0 Å². The van der Waals surface area contributed by atoms with Crippen molar-refractivity contribution in [3.8, 4) is 11.3 Å². The van der Waals surface area contributed by atoms with E-state index >= 15 is 0 Å². The predicted molar refractivity (Wildman–Crippen MR) is 93.6 cm³/mol. The van der Waals surface area contributed by atoms with Crippen LogP contribution in [-0.2, 0) is 9.59 Å². The molecule has 1 amide bonds. The fourth-order valence-electron chi connectivity index (χ4n) is 2.25. The first-order valence-electron chi connectivity index (χ1n) is 7.20. The molecule has 0 bridgehead atoms. The molecule has 1 fully saturated rings. The smallest absolute Gasteiger partial charge is 0.266 e. The Balaban J connectivity index is 1.84. The molecule has 0 saturated carbocycles. The van der Waals surface area contributed by atoms with E-state index in [1.165, 1.54) is 25.1 Å². The minimum absolute atomic E-state index is 0.151. The summed E-state index contributed by atoms with van der Waals surface area (Å²) in [6.45, 7) is 1.34. The van der Waals surface area contributed by atoms with E-state index in [9.17, 15) is 19.1 Å². The van der Waals surface area contributed by atoms with Gasteiger partial charge in [-0.3, -0.25) is 9.69 Å². The molecule has 2 heterocycles. The van der Waals surface area contributed by atoms with Gasteiger partial charge in [0.1, 0.15) is 21.7 Å². The van der Waals surface area contributed by atoms with Crippen molar-refractivity contribution in [2.24, 2.45) is 0 Å². The number of amides is 1. The summed E-state index contributed by atoms with van der Waals surface area (Å²) in [4.78, 5) is 24.6. The molecule has 25 heavy (non-hydrogen) atoms. The Morgan fingerprint density at radius 3 is 2.64 bits per heavy atom. The van der Waals surface area contributed by atoms with Crippen LogP contribution in [0.2, 0.25) is 0 Å². The third kappa shape index (κ3) is 3.49. The van der Waals surface area contributed by atoms with Gasteiger partial charge in [0.15, 0.2) is 0 Å². The maximum atomic E-state index is 13.0. The lowest BCUT2D eigenvalue weighted by molar-refractivity contribution is -0.309. The van der Waals surface area contributed by atoms with Crippen LogP contribution in [0.4, 0.5) is 4.39 Å². The molecule has 0 N–H and O–H groups in total. The van der Waals surface area contributed by atoms with Gasteiger partial charge in [-0.15, -0.1) is 0 Å². The lowest BCUT2D eigenvalue weighted by Crippen LogP contribution is -2.48. The molecular weight excluding hydrogens is 365 g/mol. The number of thioether (sulfide) groups is 1. The van der Waals surface area contributed by atoms with Gasteiger partial charge in [-0.2, -0.15) is 0 Å². The standard InChI is InChI=1S/C17H12FNO4S2/c1-9(16(21)22)19-15(20)14(25-17(19)24)8-12-6-7-13(23-12)10-2-4-11(18)5-3-10/h2-9H,1H3,(H,21,22)/p-1/b14-8-/t9-/m1/s1. The molecule has 8 heteroatoms. The summed E-state index contributed by atoms with van der Waals surface area (Å²) in [7, 11) is 0. The van der Waals surface area contributed by atoms with Gasteiger partial charge < -0.3 is 14.3 Å². The lowest BCUT2D eigenvalue weighted by Gasteiger charge is -2.23. The average Bonchev–Trinajstić information content (AvgIpc) is 3.13. The first-order chi connectivity index (χ1) is 11.9. The number of hydrogen-bond acceptors (Lipinski definition) is 6. The molecule has 0 unspecified atom stereocenters. The van der Waals surface area contributed by atoms with E-state index in [1.54, 1.807) is 24.3 Å². The number of rotatable bonds is 4. The number of carbonyl (C=O) groups is 2. The van der Waals surface area contributed by atoms with Gasteiger partial charge in [0.2, 0.25) is 0 Å². The first-order valence-corrected chi connectivity index (χ1v) is 8.43. The van der Waals surface area contributed by atoms with E-state index in [1.807, 2.05) is 0 Å². The topological polar surface area (TPSA) is 73.6 Å². The zero-order valence-corrected chi connectivity index (χ0v) is 14.5. The largest absolute Gasteiger partial charge is 0.548 e. The van der Waals surface area contributed by atoms with Crippen molar-refractivity contribution in [1.82, 2.24) is 4.90 Å². The van der Waals surface area contributed by atoms with Crippen LogP contribution in [0.1, 0.15) is 12.7 Å². The van der Waals surface area contributed by atoms with Crippen LogP contribution in [0.25, 0.3) is 17.4 Å². The van der Waals surface area contributed by atoms with Crippen LogP contribution in [0, 0.1) is 5.82 Å². The fourth-order valence-corrected chi connectivity index (χ4v) is 3.65. The summed E-state index contributed by atoms with van der Waals surface area (Å²) in [5.74, 6) is -1.31. The number of nitrogens with zero attached hydrogens (tertiary/aromatic N) is 1. The number of carbonyl (C=O) groups excluding carboxylic acids is 2. The number of carboxylic acids is 1. The SMILES string of the molecule is C[C@H](C(=O)[O-])N1C(=O)/C(=C/c2ccc(-c3ccc(F)cc3)o2)SC1=S. The number of furan rings is 1. The number of halogens is 1. The number of aliphatic carboxylic acids is 1. The Hall–Kier alpha value is -2.45. The van der Waals surface area contributed by atoms with Crippen LogP contribution in [-0.4, -0.2) is 27.1 Å². The summed E-state index contributed by atoms with van der Waals surface area (Å²) >= 11 is 6.07. The molecule has 0 radical (unpaired) electrons. The molecule has 0 aliphatic carbocycles. The predicted octanol–water partition coefficient (Wildman–Crippen LogP) is 2.43. The lowest BCUT2D eigenvalue weighted by atomic mass is 10.2. The van der Waals surface area contributed by atoms with Crippen molar-refractivity contribution >= 4 is 46.3 Å². The number of hydrogen-bond donors (Lipinski definition) is 0. The fraction of sp³-hybridized carbons (Fsp3) is 0.118. The van der Waals surface area contributed by atoms with Crippen LogP contribution < -0.4 is 5.11 Å². The highest BCUT2D eigenvalue weighted by Gasteiger charge is 2.36. The molecule has 1 atom stereocenters. The van der Waals surface area contributed by atoms with Crippen molar-refractivity contribution in [1.29, 1.82) is 0 Å². The molecule has 1 aliphatic rings. The second-order valence-electron chi connectivity index (χ2n) is 5.26. The Morgan fingerprint density at radius 1 is 1.32 bits per heavy atom. The molecule has 1 saturated heterocycles. The van der Waals surface area contributed by atoms with Crippen LogP contribution >= 0.6 is 24.0 Å². The van der Waals surface area contributed by atoms with E-state index < -0.39 is 17.9 Å². The van der Waals surface area contributed by atoms with Crippen molar-refractivity contribution < 1.29 is 23.5 Å². The molecule has 3 rings (SSSR count). The van der Waals surface area contributed by atoms with Gasteiger partial charge in [0.05, 0.1) is 16.9 Å². The highest BCUT2D eigenvalue weighted by molar-refractivity contribution is 8.26. The summed E-state index contributed by atoms with van der Waals surface area (Å²) in [5.41, 5.74) is 0.694. The normalized spacial score (nSPS) is 17.4. The Bertz CT molecular complexity index is 888. The number of benzene rings is 1. The van der Waals surface area contributed by atoms with Gasteiger partial charge >= 0.3 is 0 Å². The minimum Gasteiger partial charge on any atom is -0.548 e.